The molecule has 0 spiro atoms. The van der Waals surface area contributed by atoms with Gasteiger partial charge in [0, 0.05) is 18.8 Å². The Hall–Kier alpha value is -2.16. The second kappa shape index (κ2) is 10.4. The number of benzene rings is 2. The van der Waals surface area contributed by atoms with Gasteiger partial charge in [0.05, 0.1) is 13.1 Å². The second-order valence-electron chi connectivity index (χ2n) is 6.56. The lowest BCUT2D eigenvalue weighted by atomic mass is 10.1. The number of carbonyl (C=O) groups is 1. The van der Waals surface area contributed by atoms with Gasteiger partial charge in [-0.25, -0.2) is 9.38 Å². The maximum absolute atomic E-state index is 13.7. The van der Waals surface area contributed by atoms with E-state index in [2.05, 4.69) is 21.7 Å². The highest BCUT2D eigenvalue weighted by Crippen LogP contribution is 2.27. The molecule has 1 heterocycles. The van der Waals surface area contributed by atoms with Gasteiger partial charge in [-0.05, 0) is 49.1 Å². The largest absolute Gasteiger partial charge is 0.357 e. The van der Waals surface area contributed by atoms with Gasteiger partial charge in [0.15, 0.2) is 5.96 Å². The highest BCUT2D eigenvalue weighted by Gasteiger charge is 2.23. The number of para-hydroxylation sites is 1. The molecule has 1 aliphatic rings. The van der Waals surface area contributed by atoms with Crippen LogP contribution in [0.3, 0.4) is 0 Å². The van der Waals surface area contributed by atoms with Crippen LogP contribution in [0.5, 0.6) is 0 Å². The van der Waals surface area contributed by atoms with E-state index in [9.17, 15) is 9.18 Å². The molecule has 28 heavy (non-hydrogen) atoms. The van der Waals surface area contributed by atoms with Crippen molar-refractivity contribution < 1.29 is 9.18 Å². The molecule has 7 heteroatoms. The molecule has 3 rings (SSSR count). The Labute approximate surface area is 182 Å². The van der Waals surface area contributed by atoms with Crippen molar-refractivity contribution in [2.24, 2.45) is 4.99 Å². The van der Waals surface area contributed by atoms with Gasteiger partial charge in [-0.1, -0.05) is 30.3 Å². The number of aliphatic imine (C=N–C) groups is 1. The number of rotatable bonds is 5. The summed E-state index contributed by atoms with van der Waals surface area (Å²) in [5.41, 5.74) is 3.59. The molecule has 0 aromatic heterocycles. The Morgan fingerprint density at radius 1 is 1.21 bits per heavy atom. The number of anilines is 1. The van der Waals surface area contributed by atoms with Gasteiger partial charge in [0.2, 0.25) is 5.91 Å². The molecular formula is C21H26FIN4O. The average Bonchev–Trinajstić information content (AvgIpc) is 3.10. The molecule has 0 aliphatic carbocycles. The summed E-state index contributed by atoms with van der Waals surface area (Å²) in [6.45, 7) is 5.57. The molecule has 0 bridgehead atoms. The summed E-state index contributed by atoms with van der Waals surface area (Å²) in [6, 6.07) is 13.1. The molecule has 150 valence electrons. The predicted molar refractivity (Wildman–Crippen MR) is 122 cm³/mol. The van der Waals surface area contributed by atoms with Crippen LogP contribution in [-0.4, -0.2) is 31.5 Å². The van der Waals surface area contributed by atoms with Crippen LogP contribution in [0.4, 0.5) is 10.1 Å². The zero-order chi connectivity index (χ0) is 19.2. The van der Waals surface area contributed by atoms with Crippen molar-refractivity contribution in [1.29, 1.82) is 0 Å². The van der Waals surface area contributed by atoms with E-state index in [0.29, 0.717) is 31.2 Å². The van der Waals surface area contributed by atoms with Crippen LogP contribution >= 0.6 is 24.0 Å². The van der Waals surface area contributed by atoms with Crippen molar-refractivity contribution in [2.45, 2.75) is 26.8 Å². The molecule has 2 N–H and O–H groups in total. The zero-order valence-corrected chi connectivity index (χ0v) is 18.5. The molecule has 0 fully saturated rings. The number of nitrogens with zero attached hydrogens (tertiary/aromatic N) is 2. The first-order chi connectivity index (χ1) is 13.1. The monoisotopic (exact) mass is 496 g/mol. The first kappa shape index (κ1) is 22.1. The van der Waals surface area contributed by atoms with Gasteiger partial charge >= 0.3 is 0 Å². The molecule has 0 radical (unpaired) electrons. The van der Waals surface area contributed by atoms with E-state index in [1.807, 2.05) is 31.2 Å². The quantitative estimate of drug-likeness (QED) is 0.379. The molecular weight excluding hydrogens is 470 g/mol. The highest BCUT2D eigenvalue weighted by molar-refractivity contribution is 14.0. The van der Waals surface area contributed by atoms with E-state index in [1.54, 1.807) is 17.9 Å². The zero-order valence-electron chi connectivity index (χ0n) is 16.2. The lowest BCUT2D eigenvalue weighted by Gasteiger charge is -2.18. The fourth-order valence-electron chi connectivity index (χ4n) is 3.10. The van der Waals surface area contributed by atoms with Gasteiger partial charge < -0.3 is 15.5 Å². The maximum atomic E-state index is 13.7. The first-order valence-electron chi connectivity index (χ1n) is 9.24. The Balaban J connectivity index is 0.00000280. The van der Waals surface area contributed by atoms with Gasteiger partial charge in [-0.15, -0.1) is 24.0 Å². The van der Waals surface area contributed by atoms with Crippen molar-refractivity contribution in [1.82, 2.24) is 10.6 Å². The number of nitrogens with one attached hydrogen (secondary N) is 2. The molecule has 5 nitrogen and oxygen atoms in total. The third kappa shape index (κ3) is 5.43. The fourth-order valence-corrected chi connectivity index (χ4v) is 3.10. The van der Waals surface area contributed by atoms with Crippen molar-refractivity contribution >= 4 is 41.5 Å². The van der Waals surface area contributed by atoms with Crippen LogP contribution < -0.4 is 15.5 Å². The molecule has 1 aliphatic heterocycles. The molecule has 2 aromatic carbocycles. The van der Waals surface area contributed by atoms with E-state index in [-0.39, 0.29) is 42.2 Å². The minimum atomic E-state index is -0.233. The molecule has 0 unspecified atom stereocenters. The van der Waals surface area contributed by atoms with Gasteiger partial charge in [-0.2, -0.15) is 0 Å². The van der Waals surface area contributed by atoms with Crippen molar-refractivity contribution in [3.63, 3.8) is 0 Å². The lowest BCUT2D eigenvalue weighted by molar-refractivity contribution is -0.117. The number of carbonyl (C=O) groups excluding carboxylic acids is 1. The van der Waals surface area contributed by atoms with Crippen LogP contribution in [0.15, 0.2) is 47.5 Å². The SMILES string of the molecule is CCNC(=NCc1ccc(C)c(F)c1)NCC(=O)N1CCc2ccccc21.I. The number of amides is 1. The summed E-state index contributed by atoms with van der Waals surface area (Å²) >= 11 is 0. The van der Waals surface area contributed by atoms with Gasteiger partial charge in [0.1, 0.15) is 5.82 Å². The Morgan fingerprint density at radius 2 is 2.00 bits per heavy atom. The van der Waals surface area contributed by atoms with Gasteiger partial charge in [-0.3, -0.25) is 4.79 Å². The van der Waals surface area contributed by atoms with Crippen LogP contribution in [0.2, 0.25) is 0 Å². The summed E-state index contributed by atoms with van der Waals surface area (Å²) < 4.78 is 13.7. The van der Waals surface area contributed by atoms with Crippen LogP contribution in [0.1, 0.15) is 23.6 Å². The summed E-state index contributed by atoms with van der Waals surface area (Å²) in [4.78, 5) is 18.9. The average molecular weight is 496 g/mol. The van der Waals surface area contributed by atoms with E-state index < -0.39 is 0 Å². The second-order valence-corrected chi connectivity index (χ2v) is 6.56. The third-order valence-corrected chi connectivity index (χ3v) is 4.60. The molecule has 0 saturated heterocycles. The standard InChI is InChI=1S/C21H25FN4O.HI/c1-3-23-21(24-13-16-9-8-15(2)18(22)12-16)25-14-20(27)26-11-10-17-6-4-5-7-19(17)26;/h4-9,12H,3,10-11,13-14H2,1-2H3,(H2,23,24,25);1H. The third-order valence-electron chi connectivity index (χ3n) is 4.60. The van der Waals surface area contributed by atoms with Crippen LogP contribution in [-0.2, 0) is 17.8 Å². The minimum Gasteiger partial charge on any atom is -0.357 e. The summed E-state index contributed by atoms with van der Waals surface area (Å²) in [5, 5.41) is 6.20. The number of fused-ring (bicyclic) bond motifs is 1. The van der Waals surface area contributed by atoms with Gasteiger partial charge in [0.25, 0.3) is 0 Å². The van der Waals surface area contributed by atoms with Crippen LogP contribution in [0, 0.1) is 12.7 Å². The van der Waals surface area contributed by atoms with Crippen molar-refractivity contribution in [3.8, 4) is 0 Å². The highest BCUT2D eigenvalue weighted by atomic mass is 127. The smallest absolute Gasteiger partial charge is 0.246 e. The molecule has 0 saturated carbocycles. The fraction of sp³-hybridized carbons (Fsp3) is 0.333. The van der Waals surface area contributed by atoms with Crippen molar-refractivity contribution in [2.75, 3.05) is 24.5 Å². The Bertz CT molecular complexity index is 856. The summed E-state index contributed by atoms with van der Waals surface area (Å²) in [7, 11) is 0. The topological polar surface area (TPSA) is 56.7 Å². The van der Waals surface area contributed by atoms with Crippen LogP contribution in [0.25, 0.3) is 0 Å². The van der Waals surface area contributed by atoms with E-state index in [4.69, 9.17) is 0 Å². The minimum absolute atomic E-state index is 0. The molecule has 2 aromatic rings. The number of hydrogen-bond donors (Lipinski definition) is 2. The lowest BCUT2D eigenvalue weighted by Crippen LogP contribution is -2.44. The predicted octanol–water partition coefficient (Wildman–Crippen LogP) is 3.40. The van der Waals surface area contributed by atoms with Crippen molar-refractivity contribution in [3.05, 3.63) is 65.0 Å². The summed E-state index contributed by atoms with van der Waals surface area (Å²) in [5.74, 6) is 0.315. The number of aryl methyl sites for hydroxylation is 1. The van der Waals surface area contributed by atoms with E-state index >= 15 is 0 Å². The number of guanidine groups is 1. The summed E-state index contributed by atoms with van der Waals surface area (Å²) in [6.07, 6.45) is 0.884. The van der Waals surface area contributed by atoms with E-state index in [0.717, 1.165) is 17.7 Å². The molecule has 0 atom stereocenters. The number of halogens is 2. The van der Waals surface area contributed by atoms with E-state index in [1.165, 1.54) is 11.6 Å². The Kier molecular flexibility index (Phi) is 8.22. The number of hydrogen-bond acceptors (Lipinski definition) is 2. The normalized spacial score (nSPS) is 13.0. The molecule has 1 amide bonds. The Morgan fingerprint density at radius 3 is 2.75 bits per heavy atom. The maximum Gasteiger partial charge on any atom is 0.246 e. The first-order valence-corrected chi connectivity index (χ1v) is 9.24.